The van der Waals surface area contributed by atoms with Gasteiger partial charge in [0, 0.05) is 14.8 Å². The Morgan fingerprint density at radius 1 is 1.10 bits per heavy atom. The van der Waals surface area contributed by atoms with E-state index >= 15 is 0 Å². The Labute approximate surface area is 133 Å². The summed E-state index contributed by atoms with van der Waals surface area (Å²) in [6.07, 6.45) is -4.40. The molecule has 0 radical (unpaired) electrons. The van der Waals surface area contributed by atoms with Crippen LogP contribution < -0.4 is 5.32 Å². The van der Waals surface area contributed by atoms with E-state index < -0.39 is 17.6 Å². The van der Waals surface area contributed by atoms with Crippen LogP contribution >= 0.6 is 22.6 Å². The smallest absolute Gasteiger partial charge is 0.322 e. The molecule has 0 unspecified atom stereocenters. The van der Waals surface area contributed by atoms with Gasteiger partial charge in [-0.1, -0.05) is 6.07 Å². The topological polar surface area (TPSA) is 29.1 Å². The molecule has 6 heteroatoms. The number of hydrogen-bond acceptors (Lipinski definition) is 1. The zero-order chi connectivity index (χ0) is 15.6. The number of carbonyl (C=O) groups is 1. The molecule has 0 bridgehead atoms. The molecule has 110 valence electrons. The predicted octanol–water partition coefficient (Wildman–Crippen LogP) is 4.87. The molecule has 0 heterocycles. The van der Waals surface area contributed by atoms with Crippen molar-refractivity contribution >= 4 is 34.2 Å². The third-order valence-corrected chi connectivity index (χ3v) is 4.16. The van der Waals surface area contributed by atoms with Crippen molar-refractivity contribution in [1.29, 1.82) is 0 Å². The van der Waals surface area contributed by atoms with Crippen molar-refractivity contribution in [3.05, 3.63) is 62.7 Å². The van der Waals surface area contributed by atoms with Gasteiger partial charge in [-0.15, -0.1) is 0 Å². The average Bonchev–Trinajstić information content (AvgIpc) is 2.43. The predicted molar refractivity (Wildman–Crippen MR) is 83.3 cm³/mol. The highest BCUT2D eigenvalue weighted by Crippen LogP contribution is 2.29. The molecule has 0 spiro atoms. The summed E-state index contributed by atoms with van der Waals surface area (Å²) in [4.78, 5) is 12.0. The molecular formula is C15H11F3INO. The minimum Gasteiger partial charge on any atom is -0.322 e. The maximum absolute atomic E-state index is 12.5. The lowest BCUT2D eigenvalue weighted by atomic mass is 10.1. The quantitative estimate of drug-likeness (QED) is 0.710. The Kier molecular flexibility index (Phi) is 4.55. The largest absolute Gasteiger partial charge is 0.416 e. The lowest BCUT2D eigenvalue weighted by Crippen LogP contribution is -2.13. The molecule has 0 aromatic heterocycles. The van der Waals surface area contributed by atoms with Crippen LogP contribution in [0.3, 0.4) is 0 Å². The summed E-state index contributed by atoms with van der Waals surface area (Å²) >= 11 is 2.15. The third kappa shape index (κ3) is 3.75. The van der Waals surface area contributed by atoms with Crippen LogP contribution in [0.4, 0.5) is 18.9 Å². The van der Waals surface area contributed by atoms with Gasteiger partial charge in [0.1, 0.15) is 0 Å². The molecule has 2 nitrogen and oxygen atoms in total. The van der Waals surface area contributed by atoms with Crippen LogP contribution in [0.15, 0.2) is 42.5 Å². The van der Waals surface area contributed by atoms with Crippen molar-refractivity contribution < 1.29 is 18.0 Å². The molecule has 0 fully saturated rings. The number of amides is 1. The summed E-state index contributed by atoms with van der Waals surface area (Å²) in [5.41, 5.74) is 0.968. The maximum atomic E-state index is 12.5. The molecule has 2 rings (SSSR count). The molecule has 1 N–H and O–H groups in total. The van der Waals surface area contributed by atoms with Crippen molar-refractivity contribution in [1.82, 2.24) is 0 Å². The number of alkyl halides is 3. The van der Waals surface area contributed by atoms with Crippen molar-refractivity contribution in [2.24, 2.45) is 0 Å². The molecule has 1 amide bonds. The van der Waals surface area contributed by atoms with Gasteiger partial charge < -0.3 is 5.32 Å². The van der Waals surface area contributed by atoms with E-state index in [9.17, 15) is 18.0 Å². The highest BCUT2D eigenvalue weighted by Gasteiger charge is 2.30. The van der Waals surface area contributed by atoms with Gasteiger partial charge in [-0.25, -0.2) is 0 Å². The maximum Gasteiger partial charge on any atom is 0.416 e. The van der Waals surface area contributed by atoms with Crippen molar-refractivity contribution in [3.8, 4) is 0 Å². The van der Waals surface area contributed by atoms with E-state index in [1.165, 1.54) is 12.1 Å². The van der Waals surface area contributed by atoms with E-state index in [1.807, 2.05) is 13.0 Å². The zero-order valence-electron chi connectivity index (χ0n) is 11.0. The standard InChI is InChI=1S/C15H11F3INO/c1-9-12(19)3-2-4-13(9)20-14(21)10-5-7-11(8-6-10)15(16,17)18/h2-8H,1H3,(H,20,21). The zero-order valence-corrected chi connectivity index (χ0v) is 13.1. The highest BCUT2D eigenvalue weighted by atomic mass is 127. The summed E-state index contributed by atoms with van der Waals surface area (Å²) < 4.78 is 38.4. The van der Waals surface area contributed by atoms with Gasteiger partial charge in [-0.3, -0.25) is 4.79 Å². The first kappa shape index (κ1) is 15.8. The van der Waals surface area contributed by atoms with E-state index in [1.54, 1.807) is 12.1 Å². The molecule has 0 aliphatic carbocycles. The second-order valence-electron chi connectivity index (χ2n) is 4.44. The molecule has 21 heavy (non-hydrogen) atoms. The second-order valence-corrected chi connectivity index (χ2v) is 5.60. The van der Waals surface area contributed by atoms with Gasteiger partial charge in [-0.05, 0) is 71.5 Å². The van der Waals surface area contributed by atoms with Crippen molar-refractivity contribution in [2.75, 3.05) is 5.32 Å². The SMILES string of the molecule is Cc1c(I)cccc1NC(=O)c1ccc(C(F)(F)F)cc1. The molecule has 0 saturated heterocycles. The van der Waals surface area contributed by atoms with Gasteiger partial charge in [0.25, 0.3) is 5.91 Å². The third-order valence-electron chi connectivity index (χ3n) is 2.99. The first-order chi connectivity index (χ1) is 9.79. The number of halogens is 4. The fourth-order valence-electron chi connectivity index (χ4n) is 1.75. The summed E-state index contributed by atoms with van der Waals surface area (Å²) in [5, 5.41) is 2.70. The number of carbonyl (C=O) groups excluding carboxylic acids is 1. The minimum atomic E-state index is -4.40. The fourth-order valence-corrected chi connectivity index (χ4v) is 2.25. The van der Waals surface area contributed by atoms with Crippen LogP contribution in [0.25, 0.3) is 0 Å². The molecule has 2 aromatic carbocycles. The Morgan fingerprint density at radius 2 is 1.71 bits per heavy atom. The van der Waals surface area contributed by atoms with Crippen LogP contribution in [0.2, 0.25) is 0 Å². The van der Waals surface area contributed by atoms with Crippen LogP contribution in [-0.2, 0) is 6.18 Å². The van der Waals surface area contributed by atoms with Gasteiger partial charge in [0.05, 0.1) is 5.56 Å². The fraction of sp³-hybridized carbons (Fsp3) is 0.133. The average molecular weight is 405 g/mol. The van der Waals surface area contributed by atoms with Gasteiger partial charge in [-0.2, -0.15) is 13.2 Å². The lowest BCUT2D eigenvalue weighted by Gasteiger charge is -2.11. The monoisotopic (exact) mass is 405 g/mol. The van der Waals surface area contributed by atoms with E-state index in [-0.39, 0.29) is 5.56 Å². The van der Waals surface area contributed by atoms with Crippen LogP contribution in [0.5, 0.6) is 0 Å². The van der Waals surface area contributed by atoms with Crippen molar-refractivity contribution in [2.45, 2.75) is 13.1 Å². The Hall–Kier alpha value is -1.57. The van der Waals surface area contributed by atoms with E-state index in [0.717, 1.165) is 21.3 Å². The Morgan fingerprint density at radius 3 is 2.29 bits per heavy atom. The molecule has 2 aromatic rings. The number of anilines is 1. The minimum absolute atomic E-state index is 0.182. The van der Waals surface area contributed by atoms with E-state index in [0.29, 0.717) is 5.69 Å². The second kappa shape index (κ2) is 6.05. The molecule has 0 aliphatic rings. The van der Waals surface area contributed by atoms with Gasteiger partial charge in [0.15, 0.2) is 0 Å². The van der Waals surface area contributed by atoms with Gasteiger partial charge >= 0.3 is 6.18 Å². The first-order valence-electron chi connectivity index (χ1n) is 6.03. The summed E-state index contributed by atoms with van der Waals surface area (Å²) in [6, 6.07) is 9.59. The van der Waals surface area contributed by atoms with Crippen LogP contribution in [0, 0.1) is 10.5 Å². The molecular weight excluding hydrogens is 394 g/mol. The molecule has 0 saturated carbocycles. The lowest BCUT2D eigenvalue weighted by molar-refractivity contribution is -0.137. The Balaban J connectivity index is 2.19. The number of nitrogens with one attached hydrogen (secondary N) is 1. The number of hydrogen-bond donors (Lipinski definition) is 1. The molecule has 0 aliphatic heterocycles. The summed E-state index contributed by atoms with van der Waals surface area (Å²) in [5.74, 6) is -0.436. The van der Waals surface area contributed by atoms with Crippen LogP contribution in [0.1, 0.15) is 21.5 Å². The Bertz CT molecular complexity index is 666. The molecule has 0 atom stereocenters. The van der Waals surface area contributed by atoms with Crippen LogP contribution in [-0.4, -0.2) is 5.91 Å². The first-order valence-corrected chi connectivity index (χ1v) is 7.10. The summed E-state index contributed by atoms with van der Waals surface area (Å²) in [6.45, 7) is 1.87. The van der Waals surface area contributed by atoms with Gasteiger partial charge in [0.2, 0.25) is 0 Å². The summed E-state index contributed by atoms with van der Waals surface area (Å²) in [7, 11) is 0. The van der Waals surface area contributed by atoms with Crippen molar-refractivity contribution in [3.63, 3.8) is 0 Å². The highest BCUT2D eigenvalue weighted by molar-refractivity contribution is 14.1. The van der Waals surface area contributed by atoms with E-state index in [4.69, 9.17) is 0 Å². The van der Waals surface area contributed by atoms with E-state index in [2.05, 4.69) is 27.9 Å². The number of benzene rings is 2. The number of rotatable bonds is 2. The normalized spacial score (nSPS) is 11.3.